The molecule has 2 aromatic rings. The van der Waals surface area contributed by atoms with E-state index in [1.165, 1.54) is 6.39 Å². The Morgan fingerprint density at radius 3 is 3.06 bits per heavy atom. The standard InChI is InChI=1S/C10H7BrN4O/c11-8-2-1-7(4-12)9(3-8)13-5-10-14-6-16-15-10/h1-3,6,13H,5H2. The van der Waals surface area contributed by atoms with Crippen LogP contribution in [0.4, 0.5) is 5.69 Å². The monoisotopic (exact) mass is 278 g/mol. The number of halogens is 1. The molecule has 0 aliphatic carbocycles. The lowest BCUT2D eigenvalue weighted by molar-refractivity contribution is 0.411. The quantitative estimate of drug-likeness (QED) is 0.933. The highest BCUT2D eigenvalue weighted by Crippen LogP contribution is 2.21. The van der Waals surface area contributed by atoms with Crippen LogP contribution in [0.2, 0.25) is 0 Å². The van der Waals surface area contributed by atoms with E-state index in [1.54, 1.807) is 6.07 Å². The number of nitrogens with zero attached hydrogens (tertiary/aromatic N) is 3. The summed E-state index contributed by atoms with van der Waals surface area (Å²) in [4.78, 5) is 3.87. The fourth-order valence-electron chi connectivity index (χ4n) is 1.20. The number of anilines is 1. The van der Waals surface area contributed by atoms with Gasteiger partial charge in [0.1, 0.15) is 6.07 Å². The molecule has 5 nitrogen and oxygen atoms in total. The van der Waals surface area contributed by atoms with Gasteiger partial charge in [-0.25, -0.2) is 0 Å². The zero-order valence-electron chi connectivity index (χ0n) is 8.14. The van der Waals surface area contributed by atoms with Crippen LogP contribution in [-0.4, -0.2) is 10.1 Å². The molecule has 0 aliphatic rings. The molecule has 0 unspecified atom stereocenters. The van der Waals surface area contributed by atoms with Crippen molar-refractivity contribution in [2.75, 3.05) is 5.32 Å². The Labute approximate surface area is 100 Å². The first-order chi connectivity index (χ1) is 7.79. The molecule has 0 atom stereocenters. The maximum atomic E-state index is 8.91. The van der Waals surface area contributed by atoms with E-state index in [4.69, 9.17) is 5.26 Å². The molecule has 1 aromatic carbocycles. The van der Waals surface area contributed by atoms with Gasteiger partial charge in [-0.2, -0.15) is 10.2 Å². The number of benzene rings is 1. The van der Waals surface area contributed by atoms with E-state index in [1.807, 2.05) is 12.1 Å². The number of aromatic nitrogens is 2. The highest BCUT2D eigenvalue weighted by Gasteiger charge is 2.04. The normalized spacial score (nSPS) is 9.75. The van der Waals surface area contributed by atoms with Crippen LogP contribution in [0.15, 0.2) is 33.6 Å². The van der Waals surface area contributed by atoms with Gasteiger partial charge in [-0.15, -0.1) is 0 Å². The molecule has 0 fully saturated rings. The molecule has 80 valence electrons. The summed E-state index contributed by atoms with van der Waals surface area (Å²) in [5, 5.41) is 15.6. The predicted molar refractivity (Wildman–Crippen MR) is 60.5 cm³/mol. The Bertz CT molecular complexity index is 518. The van der Waals surface area contributed by atoms with Crippen molar-refractivity contribution in [2.24, 2.45) is 0 Å². The minimum atomic E-state index is 0.418. The van der Waals surface area contributed by atoms with Crippen molar-refractivity contribution < 1.29 is 4.52 Å². The average Bonchev–Trinajstić information content (AvgIpc) is 2.79. The summed E-state index contributed by atoms with van der Waals surface area (Å²) in [5.74, 6) is 0.545. The first kappa shape index (κ1) is 10.6. The minimum absolute atomic E-state index is 0.418. The van der Waals surface area contributed by atoms with Gasteiger partial charge in [-0.3, -0.25) is 0 Å². The number of rotatable bonds is 3. The van der Waals surface area contributed by atoms with Crippen molar-refractivity contribution >= 4 is 21.6 Å². The molecule has 0 spiro atoms. The van der Waals surface area contributed by atoms with E-state index >= 15 is 0 Å². The SMILES string of the molecule is N#Cc1ccc(Br)cc1NCc1ncon1. The Morgan fingerprint density at radius 2 is 2.38 bits per heavy atom. The Hall–Kier alpha value is -1.87. The number of nitriles is 1. The van der Waals surface area contributed by atoms with Gasteiger partial charge >= 0.3 is 0 Å². The van der Waals surface area contributed by atoms with Crippen molar-refractivity contribution in [3.05, 3.63) is 40.5 Å². The Balaban J connectivity index is 2.15. The summed E-state index contributed by atoms with van der Waals surface area (Å²) < 4.78 is 5.51. The highest BCUT2D eigenvalue weighted by molar-refractivity contribution is 9.10. The fourth-order valence-corrected chi connectivity index (χ4v) is 1.57. The lowest BCUT2D eigenvalue weighted by atomic mass is 10.2. The van der Waals surface area contributed by atoms with Crippen LogP contribution in [0.3, 0.4) is 0 Å². The predicted octanol–water partition coefficient (Wildman–Crippen LogP) is 2.32. The van der Waals surface area contributed by atoms with E-state index in [0.29, 0.717) is 17.9 Å². The van der Waals surface area contributed by atoms with Gasteiger partial charge in [0, 0.05) is 4.47 Å². The molecule has 0 bridgehead atoms. The van der Waals surface area contributed by atoms with Crippen molar-refractivity contribution in [3.63, 3.8) is 0 Å². The summed E-state index contributed by atoms with van der Waals surface area (Å²) in [6, 6.07) is 7.49. The van der Waals surface area contributed by atoms with Gasteiger partial charge in [-0.1, -0.05) is 21.1 Å². The molecule has 1 N–H and O–H groups in total. The van der Waals surface area contributed by atoms with E-state index in [2.05, 4.69) is 42.0 Å². The molecule has 6 heteroatoms. The topological polar surface area (TPSA) is 74.7 Å². The van der Waals surface area contributed by atoms with Crippen LogP contribution in [0.25, 0.3) is 0 Å². The van der Waals surface area contributed by atoms with Crippen LogP contribution in [0, 0.1) is 11.3 Å². The molecule has 16 heavy (non-hydrogen) atoms. The largest absolute Gasteiger partial charge is 0.377 e. The number of hydrogen-bond donors (Lipinski definition) is 1. The zero-order chi connectivity index (χ0) is 11.4. The maximum absolute atomic E-state index is 8.91. The lowest BCUT2D eigenvalue weighted by Gasteiger charge is -2.05. The van der Waals surface area contributed by atoms with E-state index < -0.39 is 0 Å². The summed E-state index contributed by atoms with van der Waals surface area (Å²) in [5.41, 5.74) is 1.31. The van der Waals surface area contributed by atoms with Gasteiger partial charge in [0.05, 0.1) is 17.8 Å². The molecule has 0 amide bonds. The van der Waals surface area contributed by atoms with Crippen LogP contribution in [-0.2, 0) is 6.54 Å². The second-order valence-electron chi connectivity index (χ2n) is 3.00. The molecular weight excluding hydrogens is 272 g/mol. The molecule has 1 heterocycles. The Morgan fingerprint density at radius 1 is 1.50 bits per heavy atom. The van der Waals surface area contributed by atoms with E-state index in [9.17, 15) is 0 Å². The van der Waals surface area contributed by atoms with Gasteiger partial charge < -0.3 is 9.84 Å². The lowest BCUT2D eigenvalue weighted by Crippen LogP contribution is -2.02. The summed E-state index contributed by atoms with van der Waals surface area (Å²) >= 11 is 3.35. The van der Waals surface area contributed by atoms with E-state index in [-0.39, 0.29) is 0 Å². The van der Waals surface area contributed by atoms with Crippen LogP contribution >= 0.6 is 15.9 Å². The molecule has 2 rings (SSSR count). The minimum Gasteiger partial charge on any atom is -0.377 e. The van der Waals surface area contributed by atoms with E-state index in [0.717, 1.165) is 10.2 Å². The Kier molecular flexibility index (Phi) is 3.17. The van der Waals surface area contributed by atoms with Gasteiger partial charge in [0.15, 0.2) is 5.82 Å². The average molecular weight is 279 g/mol. The maximum Gasteiger partial charge on any atom is 0.213 e. The van der Waals surface area contributed by atoms with Gasteiger partial charge in [0.2, 0.25) is 6.39 Å². The second kappa shape index (κ2) is 4.77. The molecule has 0 saturated heterocycles. The molecule has 0 saturated carbocycles. The number of hydrogen-bond acceptors (Lipinski definition) is 5. The summed E-state index contributed by atoms with van der Waals surface area (Å²) in [6.07, 6.45) is 1.27. The smallest absolute Gasteiger partial charge is 0.213 e. The van der Waals surface area contributed by atoms with Crippen LogP contribution in [0.1, 0.15) is 11.4 Å². The summed E-state index contributed by atoms with van der Waals surface area (Å²) in [7, 11) is 0. The molecule has 0 aliphatic heterocycles. The third kappa shape index (κ3) is 2.38. The van der Waals surface area contributed by atoms with Gasteiger partial charge in [-0.05, 0) is 18.2 Å². The third-order valence-corrected chi connectivity index (χ3v) is 2.44. The first-order valence-corrected chi connectivity index (χ1v) is 5.27. The van der Waals surface area contributed by atoms with Crippen molar-refractivity contribution in [1.82, 2.24) is 10.1 Å². The second-order valence-corrected chi connectivity index (χ2v) is 3.92. The highest BCUT2D eigenvalue weighted by atomic mass is 79.9. The molecule has 0 radical (unpaired) electrons. The fraction of sp³-hybridized carbons (Fsp3) is 0.100. The van der Waals surface area contributed by atoms with Crippen LogP contribution in [0.5, 0.6) is 0 Å². The third-order valence-electron chi connectivity index (χ3n) is 1.95. The van der Waals surface area contributed by atoms with Crippen molar-refractivity contribution in [2.45, 2.75) is 6.54 Å². The van der Waals surface area contributed by atoms with Crippen LogP contribution < -0.4 is 5.32 Å². The molecular formula is C10H7BrN4O. The molecule has 1 aromatic heterocycles. The van der Waals surface area contributed by atoms with Crippen molar-refractivity contribution in [3.8, 4) is 6.07 Å². The van der Waals surface area contributed by atoms with Gasteiger partial charge in [0.25, 0.3) is 0 Å². The van der Waals surface area contributed by atoms with Crippen molar-refractivity contribution in [1.29, 1.82) is 5.26 Å². The number of nitrogens with one attached hydrogen (secondary N) is 1. The summed E-state index contributed by atoms with van der Waals surface area (Å²) in [6.45, 7) is 0.418. The zero-order valence-corrected chi connectivity index (χ0v) is 9.73. The first-order valence-electron chi connectivity index (χ1n) is 4.48.